The lowest BCUT2D eigenvalue weighted by atomic mass is 10.1. The van der Waals surface area contributed by atoms with Crippen LogP contribution in [0.2, 0.25) is 0 Å². The monoisotopic (exact) mass is 370 g/mol. The minimum Gasteiger partial charge on any atom is -0.444 e. The normalized spacial score (nSPS) is 12.2. The zero-order chi connectivity index (χ0) is 19.5. The van der Waals surface area contributed by atoms with E-state index in [4.69, 9.17) is 4.74 Å². The van der Waals surface area contributed by atoms with Gasteiger partial charge in [0.15, 0.2) is 0 Å². The van der Waals surface area contributed by atoms with Gasteiger partial charge in [-0.3, -0.25) is 5.43 Å². The summed E-state index contributed by atoms with van der Waals surface area (Å²) in [6.45, 7) is 5.82. The summed E-state index contributed by atoms with van der Waals surface area (Å²) >= 11 is 0. The molecule has 5 nitrogen and oxygen atoms in total. The average molecular weight is 370 g/mol. The number of hydrogen-bond donors (Lipinski definition) is 2. The lowest BCUT2D eigenvalue weighted by Gasteiger charge is -2.25. The van der Waals surface area contributed by atoms with Crippen molar-refractivity contribution < 1.29 is 14.6 Å². The predicted octanol–water partition coefficient (Wildman–Crippen LogP) is 4.30. The first-order chi connectivity index (χ1) is 13.0. The summed E-state index contributed by atoms with van der Waals surface area (Å²) in [6.07, 6.45) is 0.460. The maximum Gasteiger partial charge on any atom is 0.422 e. The average Bonchev–Trinajstić information content (AvgIpc) is 2.67. The quantitative estimate of drug-likeness (QED) is 0.612. The number of rotatable bonds is 10. The Hall–Kier alpha value is -2.37. The molecule has 0 aliphatic carbocycles. The van der Waals surface area contributed by atoms with Crippen LogP contribution in [0.15, 0.2) is 60.7 Å². The fraction of sp³-hybridized carbons (Fsp3) is 0.409. The highest BCUT2D eigenvalue weighted by Crippen LogP contribution is 2.17. The number of carbonyl (C=O) groups excluding carboxylic acids is 1. The molecule has 2 N–H and O–H groups in total. The molecule has 0 aliphatic heterocycles. The van der Waals surface area contributed by atoms with Gasteiger partial charge in [-0.15, -0.1) is 0 Å². The fourth-order valence-electron chi connectivity index (χ4n) is 2.84. The van der Waals surface area contributed by atoms with Gasteiger partial charge in [-0.2, -0.15) is 0 Å². The van der Waals surface area contributed by atoms with E-state index in [1.807, 2.05) is 65.7 Å². The Morgan fingerprint density at radius 1 is 1.07 bits per heavy atom. The van der Waals surface area contributed by atoms with Gasteiger partial charge in [0.05, 0.1) is 6.10 Å². The summed E-state index contributed by atoms with van der Waals surface area (Å²) in [7, 11) is 0. The minimum atomic E-state index is -0.489. The Morgan fingerprint density at radius 2 is 1.70 bits per heavy atom. The second-order valence-electron chi connectivity index (χ2n) is 7.08. The number of amides is 1. The summed E-state index contributed by atoms with van der Waals surface area (Å²) < 4.78 is 5.30. The molecule has 2 aromatic carbocycles. The van der Waals surface area contributed by atoms with E-state index >= 15 is 0 Å². The van der Waals surface area contributed by atoms with Gasteiger partial charge in [-0.05, 0) is 29.9 Å². The Kier molecular flexibility index (Phi) is 8.81. The van der Waals surface area contributed by atoms with E-state index in [2.05, 4.69) is 19.3 Å². The second kappa shape index (κ2) is 11.4. The van der Waals surface area contributed by atoms with Crippen molar-refractivity contribution in [3.8, 4) is 0 Å². The summed E-state index contributed by atoms with van der Waals surface area (Å²) in [5.41, 5.74) is 4.70. The summed E-state index contributed by atoms with van der Waals surface area (Å²) in [6, 6.07) is 19.2. The maximum atomic E-state index is 12.1. The smallest absolute Gasteiger partial charge is 0.422 e. The number of hydrazine groups is 1. The van der Waals surface area contributed by atoms with Crippen LogP contribution in [0.5, 0.6) is 0 Å². The van der Waals surface area contributed by atoms with Crippen molar-refractivity contribution in [1.82, 2.24) is 10.4 Å². The molecule has 1 unspecified atom stereocenters. The molecule has 0 radical (unpaired) electrons. The third kappa shape index (κ3) is 8.24. The molecule has 2 rings (SSSR count). The highest BCUT2D eigenvalue weighted by atomic mass is 16.6. The highest BCUT2D eigenvalue weighted by molar-refractivity contribution is 5.66. The number of nitrogens with zero attached hydrogens (tertiary/aromatic N) is 1. The van der Waals surface area contributed by atoms with E-state index in [0.717, 1.165) is 24.1 Å². The second-order valence-corrected chi connectivity index (χ2v) is 7.08. The number of hydrogen-bond acceptors (Lipinski definition) is 4. The Balaban J connectivity index is 1.77. The van der Waals surface area contributed by atoms with Crippen molar-refractivity contribution in [2.24, 2.45) is 5.92 Å². The predicted molar refractivity (Wildman–Crippen MR) is 107 cm³/mol. The number of ether oxygens (including phenoxy) is 1. The fourth-order valence-corrected chi connectivity index (χ4v) is 2.84. The molecule has 0 aromatic heterocycles. The lowest BCUT2D eigenvalue weighted by molar-refractivity contribution is 0.0894. The molecule has 5 heteroatoms. The van der Waals surface area contributed by atoms with Crippen LogP contribution in [0.3, 0.4) is 0 Å². The van der Waals surface area contributed by atoms with E-state index in [-0.39, 0.29) is 6.61 Å². The molecular formula is C22H30N2O3. The first-order valence-electron chi connectivity index (χ1n) is 9.50. The molecule has 0 saturated heterocycles. The van der Waals surface area contributed by atoms with Gasteiger partial charge in [-0.25, -0.2) is 9.80 Å². The van der Waals surface area contributed by atoms with Gasteiger partial charge >= 0.3 is 6.09 Å². The Bertz CT molecular complexity index is 662. The van der Waals surface area contributed by atoms with Crippen molar-refractivity contribution >= 4 is 6.09 Å². The molecule has 0 heterocycles. The van der Waals surface area contributed by atoms with Crippen LogP contribution < -0.4 is 5.43 Å². The maximum absolute atomic E-state index is 12.1. The van der Waals surface area contributed by atoms with Crippen LogP contribution in [0.4, 0.5) is 4.79 Å². The first kappa shape index (κ1) is 20.9. The molecule has 27 heavy (non-hydrogen) atoms. The number of benzene rings is 2. The van der Waals surface area contributed by atoms with Crippen LogP contribution in [-0.4, -0.2) is 29.3 Å². The molecule has 0 bridgehead atoms. The zero-order valence-corrected chi connectivity index (χ0v) is 16.2. The molecular weight excluding hydrogens is 340 g/mol. The van der Waals surface area contributed by atoms with E-state index in [1.165, 1.54) is 0 Å². The summed E-state index contributed by atoms with van der Waals surface area (Å²) in [5, 5.41) is 12.1. The Morgan fingerprint density at radius 3 is 2.33 bits per heavy atom. The number of aliphatic hydroxyl groups is 1. The van der Waals surface area contributed by atoms with Crippen molar-refractivity contribution in [1.29, 1.82) is 0 Å². The largest absolute Gasteiger partial charge is 0.444 e. The minimum absolute atomic E-state index is 0.245. The van der Waals surface area contributed by atoms with Gasteiger partial charge in [0, 0.05) is 13.1 Å². The van der Waals surface area contributed by atoms with Gasteiger partial charge in [0.1, 0.15) is 6.61 Å². The third-order valence-electron chi connectivity index (χ3n) is 4.14. The van der Waals surface area contributed by atoms with E-state index in [0.29, 0.717) is 18.9 Å². The standard InChI is InChI=1S/C22H30N2O3/c1-18(2)16-24(15-9-14-21(25)20-12-7-4-8-13-20)23-22(26)27-17-19-10-5-3-6-11-19/h3-8,10-13,18,21,25H,9,14-17H2,1-2H3,(H,23,26). The molecule has 0 fully saturated rings. The molecule has 1 amide bonds. The van der Waals surface area contributed by atoms with Gasteiger partial charge in [0.2, 0.25) is 0 Å². The van der Waals surface area contributed by atoms with Gasteiger partial charge < -0.3 is 9.84 Å². The van der Waals surface area contributed by atoms with Crippen LogP contribution in [-0.2, 0) is 11.3 Å². The first-order valence-corrected chi connectivity index (χ1v) is 9.50. The Labute approximate surface area is 161 Å². The van der Waals surface area contributed by atoms with Crippen LogP contribution >= 0.6 is 0 Å². The molecule has 146 valence electrons. The van der Waals surface area contributed by atoms with Crippen LogP contribution in [0.1, 0.15) is 43.9 Å². The van der Waals surface area contributed by atoms with Crippen molar-refractivity contribution in [3.63, 3.8) is 0 Å². The lowest BCUT2D eigenvalue weighted by Crippen LogP contribution is -2.44. The number of nitrogens with one attached hydrogen (secondary N) is 1. The zero-order valence-electron chi connectivity index (χ0n) is 16.2. The highest BCUT2D eigenvalue weighted by Gasteiger charge is 2.13. The molecule has 1 atom stereocenters. The molecule has 0 saturated carbocycles. The van der Waals surface area contributed by atoms with Crippen molar-refractivity contribution in [3.05, 3.63) is 71.8 Å². The van der Waals surface area contributed by atoms with Crippen molar-refractivity contribution in [2.75, 3.05) is 13.1 Å². The van der Waals surface area contributed by atoms with Crippen LogP contribution in [0.25, 0.3) is 0 Å². The summed E-state index contributed by atoms with van der Waals surface area (Å²) in [5.74, 6) is 0.401. The SMILES string of the molecule is CC(C)CN(CCCC(O)c1ccccc1)NC(=O)OCc1ccccc1. The molecule has 0 aliphatic rings. The van der Waals surface area contributed by atoms with Crippen molar-refractivity contribution in [2.45, 2.75) is 39.4 Å². The topological polar surface area (TPSA) is 61.8 Å². The molecule has 2 aromatic rings. The van der Waals surface area contributed by atoms with E-state index in [1.54, 1.807) is 0 Å². The van der Waals surface area contributed by atoms with E-state index < -0.39 is 12.2 Å². The summed E-state index contributed by atoms with van der Waals surface area (Å²) in [4.78, 5) is 12.1. The van der Waals surface area contributed by atoms with Crippen LogP contribution in [0, 0.1) is 5.92 Å². The molecule has 0 spiro atoms. The number of aliphatic hydroxyl groups excluding tert-OH is 1. The number of carbonyl (C=O) groups is 1. The van der Waals surface area contributed by atoms with Gasteiger partial charge in [-0.1, -0.05) is 74.5 Å². The van der Waals surface area contributed by atoms with E-state index in [9.17, 15) is 9.90 Å². The third-order valence-corrected chi connectivity index (χ3v) is 4.14. The van der Waals surface area contributed by atoms with Gasteiger partial charge in [0.25, 0.3) is 0 Å².